The van der Waals surface area contributed by atoms with Gasteiger partial charge in [-0.05, 0) is 54.7 Å². The number of carbonyl (C=O) groups is 1. The predicted octanol–water partition coefficient (Wildman–Crippen LogP) is 3.49. The summed E-state index contributed by atoms with van der Waals surface area (Å²) in [6, 6.07) is 14.7. The fourth-order valence-corrected chi connectivity index (χ4v) is 5.86. The molecule has 4 rings (SSSR count). The van der Waals surface area contributed by atoms with Gasteiger partial charge in [0.15, 0.2) is 0 Å². The monoisotopic (exact) mass is 569 g/mol. The van der Waals surface area contributed by atoms with Gasteiger partial charge in [0.25, 0.3) is 0 Å². The quantitative estimate of drug-likeness (QED) is 0.298. The number of carbonyl (C=O) groups excluding carboxylic acids is 1. The number of amides is 1. The highest BCUT2D eigenvalue weighted by atomic mass is 16.5. The van der Waals surface area contributed by atoms with Crippen LogP contribution in [0, 0.1) is 5.41 Å². The molecule has 0 radical (unpaired) electrons. The number of rotatable bonds is 14. The summed E-state index contributed by atoms with van der Waals surface area (Å²) in [5.41, 5.74) is 2.87. The van der Waals surface area contributed by atoms with Gasteiger partial charge in [0.2, 0.25) is 5.91 Å². The van der Waals surface area contributed by atoms with Crippen molar-refractivity contribution in [3.05, 3.63) is 53.6 Å². The summed E-state index contributed by atoms with van der Waals surface area (Å²) in [5.74, 6) is 1.86. The molecule has 1 saturated heterocycles. The molecule has 41 heavy (non-hydrogen) atoms. The minimum atomic E-state index is -0.564. The molecule has 1 amide bonds. The number of nitrogens with one attached hydrogen (secondary N) is 2. The molecule has 1 fully saturated rings. The number of aliphatic hydroxyl groups excluding tert-OH is 1. The van der Waals surface area contributed by atoms with Crippen LogP contribution in [0.3, 0.4) is 0 Å². The molecule has 0 unspecified atom stereocenters. The SMILES string of the molecule is COCCCN1CCOc2ccc(CO[C@H]3CN[C@H](CC(C)(C)C(=O)NCCO)C[C@@H]3c3ccc(OC)cc3)cc21. The molecule has 0 aliphatic carbocycles. The van der Waals surface area contributed by atoms with E-state index < -0.39 is 5.41 Å². The van der Waals surface area contributed by atoms with Gasteiger partial charge in [-0.15, -0.1) is 0 Å². The fourth-order valence-electron chi connectivity index (χ4n) is 5.86. The number of methoxy groups -OCH3 is 2. The normalized spacial score (nSPS) is 20.7. The second-order valence-corrected chi connectivity index (χ2v) is 11.6. The topological polar surface area (TPSA) is 102 Å². The first-order valence-electron chi connectivity index (χ1n) is 14.7. The maximum absolute atomic E-state index is 12.7. The van der Waals surface area contributed by atoms with E-state index in [1.807, 2.05) is 26.0 Å². The third-order valence-electron chi connectivity index (χ3n) is 8.13. The summed E-state index contributed by atoms with van der Waals surface area (Å²) in [4.78, 5) is 15.1. The largest absolute Gasteiger partial charge is 0.497 e. The Bertz CT molecular complexity index is 1110. The van der Waals surface area contributed by atoms with E-state index in [4.69, 9.17) is 24.1 Å². The molecule has 3 atom stereocenters. The summed E-state index contributed by atoms with van der Waals surface area (Å²) in [5, 5.41) is 15.6. The van der Waals surface area contributed by atoms with Crippen LogP contribution in [-0.4, -0.2) is 83.4 Å². The van der Waals surface area contributed by atoms with E-state index in [-0.39, 0.29) is 37.1 Å². The number of hydrogen-bond donors (Lipinski definition) is 3. The van der Waals surface area contributed by atoms with Crippen molar-refractivity contribution in [1.82, 2.24) is 10.6 Å². The van der Waals surface area contributed by atoms with Crippen molar-refractivity contribution in [2.24, 2.45) is 5.41 Å². The zero-order chi connectivity index (χ0) is 29.2. The number of piperidine rings is 1. The van der Waals surface area contributed by atoms with Crippen molar-refractivity contribution in [1.29, 1.82) is 0 Å². The maximum atomic E-state index is 12.7. The van der Waals surface area contributed by atoms with Crippen LogP contribution in [0.25, 0.3) is 0 Å². The molecule has 2 aliphatic heterocycles. The first kappa shape index (κ1) is 31.1. The smallest absolute Gasteiger partial charge is 0.225 e. The Labute approximate surface area is 244 Å². The second-order valence-electron chi connectivity index (χ2n) is 11.6. The van der Waals surface area contributed by atoms with Crippen LogP contribution in [0.2, 0.25) is 0 Å². The van der Waals surface area contributed by atoms with Gasteiger partial charge in [0.05, 0.1) is 38.7 Å². The van der Waals surface area contributed by atoms with Crippen LogP contribution in [-0.2, 0) is 20.9 Å². The van der Waals surface area contributed by atoms with Gasteiger partial charge in [-0.25, -0.2) is 0 Å². The number of aliphatic hydroxyl groups is 1. The van der Waals surface area contributed by atoms with E-state index in [1.165, 1.54) is 5.56 Å². The Balaban J connectivity index is 1.46. The molecule has 2 aromatic rings. The van der Waals surface area contributed by atoms with Gasteiger partial charge in [-0.2, -0.15) is 0 Å². The highest BCUT2D eigenvalue weighted by Gasteiger charge is 2.37. The van der Waals surface area contributed by atoms with E-state index in [9.17, 15) is 4.79 Å². The van der Waals surface area contributed by atoms with Crippen LogP contribution in [0.5, 0.6) is 11.5 Å². The van der Waals surface area contributed by atoms with Gasteiger partial charge in [0, 0.05) is 50.7 Å². The lowest BCUT2D eigenvalue weighted by molar-refractivity contribution is -0.130. The van der Waals surface area contributed by atoms with Gasteiger partial charge in [0.1, 0.15) is 18.1 Å². The Kier molecular flexibility index (Phi) is 11.3. The highest BCUT2D eigenvalue weighted by Crippen LogP contribution is 2.37. The maximum Gasteiger partial charge on any atom is 0.225 e. The molecule has 2 aliphatic rings. The summed E-state index contributed by atoms with van der Waals surface area (Å²) in [7, 11) is 3.41. The molecule has 0 spiro atoms. The third kappa shape index (κ3) is 8.35. The number of nitrogens with zero attached hydrogens (tertiary/aromatic N) is 1. The minimum Gasteiger partial charge on any atom is -0.497 e. The van der Waals surface area contributed by atoms with Crippen molar-refractivity contribution in [2.45, 2.75) is 57.8 Å². The minimum absolute atomic E-state index is 0.0314. The van der Waals surface area contributed by atoms with Crippen molar-refractivity contribution in [3.8, 4) is 11.5 Å². The molecule has 0 saturated carbocycles. The zero-order valence-electron chi connectivity index (χ0n) is 25.0. The van der Waals surface area contributed by atoms with Crippen molar-refractivity contribution >= 4 is 11.6 Å². The molecular weight excluding hydrogens is 522 g/mol. The van der Waals surface area contributed by atoms with E-state index >= 15 is 0 Å². The van der Waals surface area contributed by atoms with Gasteiger partial charge < -0.3 is 39.6 Å². The van der Waals surface area contributed by atoms with Crippen molar-refractivity contribution < 1.29 is 28.8 Å². The second kappa shape index (κ2) is 14.9. The lowest BCUT2D eigenvalue weighted by Gasteiger charge is -2.40. The van der Waals surface area contributed by atoms with Crippen LogP contribution in [0.1, 0.15) is 50.2 Å². The first-order chi connectivity index (χ1) is 19.8. The average molecular weight is 570 g/mol. The van der Waals surface area contributed by atoms with Gasteiger partial charge >= 0.3 is 0 Å². The molecule has 2 heterocycles. The first-order valence-corrected chi connectivity index (χ1v) is 14.7. The van der Waals surface area contributed by atoms with Gasteiger partial charge in [-0.3, -0.25) is 4.79 Å². The lowest BCUT2D eigenvalue weighted by atomic mass is 9.77. The number of benzene rings is 2. The number of anilines is 1. The van der Waals surface area contributed by atoms with Crippen molar-refractivity contribution in [3.63, 3.8) is 0 Å². The van der Waals surface area contributed by atoms with Crippen molar-refractivity contribution in [2.75, 3.05) is 65.1 Å². The number of hydrogen-bond acceptors (Lipinski definition) is 8. The summed E-state index contributed by atoms with van der Waals surface area (Å²) in [6.07, 6.45) is 2.47. The van der Waals surface area contributed by atoms with E-state index in [0.717, 1.165) is 55.3 Å². The Hall–Kier alpha value is -2.85. The molecular formula is C32H47N3O6. The van der Waals surface area contributed by atoms with Crippen LogP contribution >= 0.6 is 0 Å². The Morgan fingerprint density at radius 1 is 1.20 bits per heavy atom. The number of fused-ring (bicyclic) bond motifs is 1. The Morgan fingerprint density at radius 2 is 2.00 bits per heavy atom. The predicted molar refractivity (Wildman–Crippen MR) is 160 cm³/mol. The standard InChI is InChI=1S/C32H47N3O6/c1-32(2,31(37)33-12-15-36)20-25-19-27(24-7-9-26(39-4)10-8-24)30(21-34-25)41-22-23-6-11-29-28(18-23)35(14-17-40-29)13-5-16-38-3/h6-11,18,25,27,30,34,36H,5,12-17,19-22H2,1-4H3,(H,33,37)/t25-,27+,30-/m0/s1. The summed E-state index contributed by atoms with van der Waals surface area (Å²) < 4.78 is 23.2. The molecule has 9 heteroatoms. The molecule has 2 aromatic carbocycles. The molecule has 0 aromatic heterocycles. The van der Waals surface area contributed by atoms with E-state index in [0.29, 0.717) is 26.2 Å². The Morgan fingerprint density at radius 3 is 2.73 bits per heavy atom. The summed E-state index contributed by atoms with van der Waals surface area (Å²) >= 11 is 0. The third-order valence-corrected chi connectivity index (χ3v) is 8.13. The van der Waals surface area contributed by atoms with E-state index in [1.54, 1.807) is 14.2 Å². The zero-order valence-corrected chi connectivity index (χ0v) is 25.0. The van der Waals surface area contributed by atoms with Crippen LogP contribution < -0.4 is 25.0 Å². The number of ether oxygens (including phenoxy) is 4. The summed E-state index contributed by atoms with van der Waals surface area (Å²) in [6.45, 7) is 8.53. The van der Waals surface area contributed by atoms with E-state index in [2.05, 4.69) is 45.9 Å². The van der Waals surface area contributed by atoms with Crippen LogP contribution in [0.15, 0.2) is 42.5 Å². The fraction of sp³-hybridized carbons (Fsp3) is 0.594. The molecule has 226 valence electrons. The van der Waals surface area contributed by atoms with Crippen LogP contribution in [0.4, 0.5) is 5.69 Å². The molecule has 0 bridgehead atoms. The lowest BCUT2D eigenvalue weighted by Crippen LogP contribution is -2.50. The average Bonchev–Trinajstić information content (AvgIpc) is 2.99. The molecule has 9 nitrogen and oxygen atoms in total. The van der Waals surface area contributed by atoms with Gasteiger partial charge in [-0.1, -0.05) is 32.0 Å². The highest BCUT2D eigenvalue weighted by molar-refractivity contribution is 5.81. The molecule has 3 N–H and O–H groups in total.